The highest BCUT2D eigenvalue weighted by atomic mass is 32.1. The molecule has 1 heterocycles. The zero-order valence-corrected chi connectivity index (χ0v) is 11.8. The minimum absolute atomic E-state index is 0.782. The molecule has 2 rings (SSSR count). The first-order valence-electron chi connectivity index (χ1n) is 6.27. The first-order valence-corrected chi connectivity index (χ1v) is 6.68. The van der Waals surface area contributed by atoms with Gasteiger partial charge in [-0.15, -0.1) is 0 Å². The summed E-state index contributed by atoms with van der Waals surface area (Å²) in [5, 5.41) is 0. The van der Waals surface area contributed by atoms with Gasteiger partial charge in [0.15, 0.2) is 0 Å². The van der Waals surface area contributed by atoms with Crippen LogP contribution in [0.4, 0.5) is 0 Å². The van der Waals surface area contributed by atoms with Crippen LogP contribution in [-0.4, -0.2) is 37.2 Å². The number of likely N-dealkylation sites (tertiary alicyclic amines) is 1. The summed E-state index contributed by atoms with van der Waals surface area (Å²) in [7, 11) is 3.31. The smallest absolute Gasteiger partial charge is 0.132 e. The van der Waals surface area contributed by atoms with E-state index in [0.29, 0.717) is 0 Å². The van der Waals surface area contributed by atoms with Crippen molar-refractivity contribution < 1.29 is 9.47 Å². The largest absolute Gasteiger partial charge is 0.497 e. The van der Waals surface area contributed by atoms with Crippen LogP contribution in [0.3, 0.4) is 0 Å². The van der Waals surface area contributed by atoms with Crippen LogP contribution in [0, 0.1) is 0 Å². The lowest BCUT2D eigenvalue weighted by atomic mass is 10.1. The Bertz CT molecular complexity index is 428. The second-order valence-electron chi connectivity index (χ2n) is 4.42. The summed E-state index contributed by atoms with van der Waals surface area (Å²) >= 11 is 5.58. The molecule has 18 heavy (non-hydrogen) atoms. The van der Waals surface area contributed by atoms with E-state index in [1.165, 1.54) is 19.3 Å². The Labute approximate surface area is 114 Å². The maximum absolute atomic E-state index is 5.58. The number of hydrogen-bond donors (Lipinski definition) is 0. The standard InChI is InChI=1S/C14H19NO2S/c1-16-11-6-7-12(13(10-11)17-2)14(18)15-8-4-3-5-9-15/h6-7,10H,3-5,8-9H2,1-2H3. The number of piperidine rings is 1. The van der Waals surface area contributed by atoms with Crippen molar-refractivity contribution in [1.82, 2.24) is 4.90 Å². The summed E-state index contributed by atoms with van der Waals surface area (Å²) in [5.74, 6) is 1.57. The van der Waals surface area contributed by atoms with E-state index in [1.807, 2.05) is 18.2 Å². The predicted molar refractivity (Wildman–Crippen MR) is 76.7 cm³/mol. The third-order valence-corrected chi connectivity index (χ3v) is 3.76. The van der Waals surface area contributed by atoms with Crippen molar-refractivity contribution in [2.75, 3.05) is 27.3 Å². The Hall–Kier alpha value is -1.29. The third kappa shape index (κ3) is 2.75. The quantitative estimate of drug-likeness (QED) is 0.783. The Morgan fingerprint density at radius 2 is 1.83 bits per heavy atom. The highest BCUT2D eigenvalue weighted by molar-refractivity contribution is 7.80. The van der Waals surface area contributed by atoms with Gasteiger partial charge in [0.25, 0.3) is 0 Å². The lowest BCUT2D eigenvalue weighted by Crippen LogP contribution is -2.35. The van der Waals surface area contributed by atoms with Gasteiger partial charge in [-0.25, -0.2) is 0 Å². The number of hydrogen-bond acceptors (Lipinski definition) is 3. The maximum atomic E-state index is 5.58. The third-order valence-electron chi connectivity index (χ3n) is 3.28. The van der Waals surface area contributed by atoms with Crippen LogP contribution in [0.25, 0.3) is 0 Å². The summed E-state index contributed by atoms with van der Waals surface area (Å²) in [4.78, 5) is 3.15. The monoisotopic (exact) mass is 265 g/mol. The molecule has 3 nitrogen and oxygen atoms in total. The molecule has 0 N–H and O–H groups in total. The molecule has 1 fully saturated rings. The van der Waals surface area contributed by atoms with Crippen molar-refractivity contribution >= 4 is 17.2 Å². The Morgan fingerprint density at radius 1 is 1.11 bits per heavy atom. The van der Waals surface area contributed by atoms with Gasteiger partial charge < -0.3 is 14.4 Å². The summed E-state index contributed by atoms with van der Waals surface area (Å²) in [6.45, 7) is 2.10. The molecule has 0 amide bonds. The summed E-state index contributed by atoms with van der Waals surface area (Å²) in [6.07, 6.45) is 3.75. The normalized spacial score (nSPS) is 15.3. The van der Waals surface area contributed by atoms with Gasteiger partial charge in [-0.3, -0.25) is 0 Å². The Kier molecular flexibility index (Phi) is 4.42. The van der Waals surface area contributed by atoms with Crippen LogP contribution in [0.1, 0.15) is 24.8 Å². The van der Waals surface area contributed by atoms with Gasteiger partial charge in [-0.1, -0.05) is 12.2 Å². The summed E-state index contributed by atoms with van der Waals surface area (Å²) in [5.41, 5.74) is 0.982. The van der Waals surface area contributed by atoms with Gasteiger partial charge in [-0.05, 0) is 31.4 Å². The van der Waals surface area contributed by atoms with E-state index in [4.69, 9.17) is 21.7 Å². The minimum atomic E-state index is 0.782. The molecule has 0 saturated carbocycles. The number of benzene rings is 1. The van der Waals surface area contributed by atoms with Crippen LogP contribution in [-0.2, 0) is 0 Å². The Morgan fingerprint density at radius 3 is 2.44 bits per heavy atom. The molecule has 0 unspecified atom stereocenters. The molecule has 1 aromatic rings. The Balaban J connectivity index is 2.23. The fourth-order valence-electron chi connectivity index (χ4n) is 2.24. The molecule has 1 saturated heterocycles. The van der Waals surface area contributed by atoms with E-state index in [9.17, 15) is 0 Å². The SMILES string of the molecule is COc1ccc(C(=S)N2CCCCC2)c(OC)c1. The van der Waals surface area contributed by atoms with Gasteiger partial charge in [0.1, 0.15) is 16.5 Å². The molecule has 1 aliphatic heterocycles. The summed E-state index contributed by atoms with van der Waals surface area (Å²) in [6, 6.07) is 5.79. The second kappa shape index (κ2) is 6.05. The molecule has 0 atom stereocenters. The lowest BCUT2D eigenvalue weighted by molar-refractivity contribution is 0.345. The fraction of sp³-hybridized carbons (Fsp3) is 0.500. The van der Waals surface area contributed by atoms with Crippen LogP contribution in [0.15, 0.2) is 18.2 Å². The summed E-state index contributed by atoms with van der Waals surface area (Å²) < 4.78 is 10.6. The molecule has 1 aliphatic rings. The number of methoxy groups -OCH3 is 2. The average molecular weight is 265 g/mol. The van der Waals surface area contributed by atoms with Crippen molar-refractivity contribution in [2.45, 2.75) is 19.3 Å². The number of thiocarbonyl (C=S) groups is 1. The number of nitrogens with zero attached hydrogens (tertiary/aromatic N) is 1. The van der Waals surface area contributed by atoms with Gasteiger partial charge in [0.05, 0.1) is 19.8 Å². The lowest BCUT2D eigenvalue weighted by Gasteiger charge is -2.29. The van der Waals surface area contributed by atoms with Crippen molar-refractivity contribution in [2.24, 2.45) is 0 Å². The van der Waals surface area contributed by atoms with Gasteiger partial charge in [0, 0.05) is 19.2 Å². The zero-order chi connectivity index (χ0) is 13.0. The maximum Gasteiger partial charge on any atom is 0.132 e. The molecule has 0 radical (unpaired) electrons. The van der Waals surface area contributed by atoms with E-state index in [2.05, 4.69) is 4.90 Å². The number of rotatable bonds is 3. The molecule has 4 heteroatoms. The molecular formula is C14H19NO2S. The van der Waals surface area contributed by atoms with Gasteiger partial charge in [-0.2, -0.15) is 0 Å². The number of ether oxygens (including phenoxy) is 2. The zero-order valence-electron chi connectivity index (χ0n) is 10.9. The first-order chi connectivity index (χ1) is 8.76. The average Bonchev–Trinajstić information content (AvgIpc) is 2.46. The van der Waals surface area contributed by atoms with Crippen LogP contribution in [0.5, 0.6) is 11.5 Å². The fourth-order valence-corrected chi connectivity index (χ4v) is 2.59. The molecule has 0 bridgehead atoms. The van der Waals surface area contributed by atoms with Crippen molar-refractivity contribution in [3.8, 4) is 11.5 Å². The van der Waals surface area contributed by atoms with Crippen molar-refractivity contribution in [1.29, 1.82) is 0 Å². The molecule has 98 valence electrons. The van der Waals surface area contributed by atoms with Gasteiger partial charge in [0.2, 0.25) is 0 Å². The second-order valence-corrected chi connectivity index (χ2v) is 4.81. The van der Waals surface area contributed by atoms with Crippen LogP contribution in [0.2, 0.25) is 0 Å². The molecular weight excluding hydrogens is 246 g/mol. The molecule has 0 aromatic heterocycles. The van der Waals surface area contributed by atoms with E-state index in [0.717, 1.165) is 35.1 Å². The minimum Gasteiger partial charge on any atom is -0.497 e. The van der Waals surface area contributed by atoms with Crippen LogP contribution < -0.4 is 9.47 Å². The van der Waals surface area contributed by atoms with E-state index >= 15 is 0 Å². The van der Waals surface area contributed by atoms with Crippen molar-refractivity contribution in [3.05, 3.63) is 23.8 Å². The van der Waals surface area contributed by atoms with E-state index in [-0.39, 0.29) is 0 Å². The van der Waals surface area contributed by atoms with E-state index < -0.39 is 0 Å². The molecule has 0 spiro atoms. The highest BCUT2D eigenvalue weighted by Crippen LogP contribution is 2.27. The topological polar surface area (TPSA) is 21.7 Å². The van der Waals surface area contributed by atoms with Crippen LogP contribution >= 0.6 is 12.2 Å². The molecule has 0 aliphatic carbocycles. The highest BCUT2D eigenvalue weighted by Gasteiger charge is 2.18. The predicted octanol–water partition coefficient (Wildman–Crippen LogP) is 2.87. The molecule has 1 aromatic carbocycles. The first kappa shape index (κ1) is 13.1. The van der Waals surface area contributed by atoms with E-state index in [1.54, 1.807) is 14.2 Å². The van der Waals surface area contributed by atoms with Gasteiger partial charge >= 0.3 is 0 Å². The van der Waals surface area contributed by atoms with Crippen molar-refractivity contribution in [3.63, 3.8) is 0 Å².